The van der Waals surface area contributed by atoms with E-state index in [0.29, 0.717) is 12.5 Å². The molecule has 1 fully saturated rings. The number of amides is 1. The lowest BCUT2D eigenvalue weighted by atomic mass is 10.1. The molecule has 1 aromatic rings. The Labute approximate surface area is 151 Å². The van der Waals surface area contributed by atoms with Gasteiger partial charge in [0.05, 0.1) is 27.3 Å². The van der Waals surface area contributed by atoms with Crippen molar-refractivity contribution in [2.45, 2.75) is 20.0 Å². The van der Waals surface area contributed by atoms with Crippen molar-refractivity contribution in [3.8, 4) is 5.75 Å². The molecule has 1 heterocycles. The fraction of sp³-hybridized carbons (Fsp3) is 0.632. The van der Waals surface area contributed by atoms with E-state index in [0.717, 1.165) is 42.6 Å². The molecule has 25 heavy (non-hydrogen) atoms. The topological polar surface area (TPSA) is 56.4 Å². The monoisotopic (exact) mass is 351 g/mol. The van der Waals surface area contributed by atoms with Gasteiger partial charge in [-0.3, -0.25) is 4.79 Å². The van der Waals surface area contributed by atoms with E-state index in [1.807, 2.05) is 31.3 Å². The van der Waals surface area contributed by atoms with E-state index in [9.17, 15) is 4.79 Å². The van der Waals surface area contributed by atoms with Crippen LogP contribution < -0.4 is 19.9 Å². The molecule has 0 radical (unpaired) electrons. The maximum Gasteiger partial charge on any atom is 0.279 e. The number of likely N-dealkylation sites (N-methyl/N-ethyl adjacent to an activating group) is 1. The first kappa shape index (κ1) is 19.7. The molecule has 1 aliphatic heterocycles. The summed E-state index contributed by atoms with van der Waals surface area (Å²) in [6.07, 6.45) is 0.229. The molecule has 2 rings (SSSR count). The Morgan fingerprint density at radius 3 is 3.00 bits per heavy atom. The first-order valence-corrected chi connectivity index (χ1v) is 9.16. The first-order chi connectivity index (χ1) is 12.0. The van der Waals surface area contributed by atoms with E-state index in [4.69, 9.17) is 9.47 Å². The number of morpholine rings is 1. The van der Waals surface area contributed by atoms with Crippen molar-refractivity contribution in [3.05, 3.63) is 24.3 Å². The predicted octanol–water partition coefficient (Wildman–Crippen LogP) is -0.912. The van der Waals surface area contributed by atoms with Crippen molar-refractivity contribution in [3.63, 3.8) is 0 Å². The Bertz CT molecular complexity index is 550. The Morgan fingerprint density at radius 2 is 2.28 bits per heavy atom. The van der Waals surface area contributed by atoms with Crippen LogP contribution in [0.2, 0.25) is 0 Å². The lowest BCUT2D eigenvalue weighted by Gasteiger charge is -2.31. The van der Waals surface area contributed by atoms with Crippen LogP contribution in [0, 0.1) is 5.92 Å². The number of hydrogen-bond acceptors (Lipinski definition) is 3. The standard InChI is InChI=1S/C19H31N3O3/c1-15(2)11-22-8-9-25-18(13-22)12-21(3)14-19(23)20-16-6-5-7-17(10-16)24-4/h5-7,10,15,18H,8-9,11-14H2,1-4H3,(H,20,23)/p+2/t18-/m0/s1. The Hall–Kier alpha value is -1.63. The zero-order valence-corrected chi connectivity index (χ0v) is 15.9. The van der Waals surface area contributed by atoms with Crippen LogP contribution in [0.3, 0.4) is 0 Å². The van der Waals surface area contributed by atoms with Gasteiger partial charge in [-0.1, -0.05) is 19.9 Å². The van der Waals surface area contributed by atoms with Gasteiger partial charge in [0, 0.05) is 17.7 Å². The third-order valence-corrected chi connectivity index (χ3v) is 4.41. The van der Waals surface area contributed by atoms with Crippen LogP contribution in [-0.4, -0.2) is 65.5 Å². The third-order valence-electron chi connectivity index (χ3n) is 4.41. The highest BCUT2D eigenvalue weighted by Gasteiger charge is 2.27. The normalized spacial score (nSPS) is 21.8. The van der Waals surface area contributed by atoms with Crippen LogP contribution in [0.1, 0.15) is 13.8 Å². The van der Waals surface area contributed by atoms with Crippen molar-refractivity contribution in [1.82, 2.24) is 0 Å². The van der Waals surface area contributed by atoms with Crippen LogP contribution >= 0.6 is 0 Å². The van der Waals surface area contributed by atoms with Crippen molar-refractivity contribution >= 4 is 11.6 Å². The fourth-order valence-electron chi connectivity index (χ4n) is 3.39. The van der Waals surface area contributed by atoms with Gasteiger partial charge in [-0.05, 0) is 12.1 Å². The summed E-state index contributed by atoms with van der Waals surface area (Å²) in [5.41, 5.74) is 0.763. The van der Waals surface area contributed by atoms with Gasteiger partial charge in [0.2, 0.25) is 0 Å². The molecule has 0 saturated carbocycles. The Morgan fingerprint density at radius 1 is 1.48 bits per heavy atom. The molecular formula is C19H33N3O3+2. The molecule has 6 heteroatoms. The average Bonchev–Trinajstić information content (AvgIpc) is 2.54. The van der Waals surface area contributed by atoms with Crippen molar-refractivity contribution in [2.24, 2.45) is 5.92 Å². The summed E-state index contributed by atoms with van der Waals surface area (Å²) in [7, 11) is 3.67. The molecule has 2 unspecified atom stereocenters. The highest BCUT2D eigenvalue weighted by atomic mass is 16.5. The molecule has 1 amide bonds. The summed E-state index contributed by atoms with van der Waals surface area (Å²) in [4.78, 5) is 15.0. The second-order valence-electron chi connectivity index (χ2n) is 7.41. The molecule has 0 aliphatic carbocycles. The number of carbonyl (C=O) groups excluding carboxylic acids is 1. The highest BCUT2D eigenvalue weighted by Crippen LogP contribution is 2.16. The lowest BCUT2D eigenvalue weighted by molar-refractivity contribution is -0.926. The molecule has 0 bridgehead atoms. The quantitative estimate of drug-likeness (QED) is 0.568. The van der Waals surface area contributed by atoms with E-state index in [1.54, 1.807) is 12.0 Å². The number of nitrogens with one attached hydrogen (secondary N) is 3. The smallest absolute Gasteiger partial charge is 0.279 e. The lowest BCUT2D eigenvalue weighted by Crippen LogP contribution is -3.18. The molecular weight excluding hydrogens is 318 g/mol. The molecule has 140 valence electrons. The molecule has 6 nitrogen and oxygen atoms in total. The summed E-state index contributed by atoms with van der Waals surface area (Å²) in [5.74, 6) is 1.45. The third kappa shape index (κ3) is 7.02. The summed E-state index contributed by atoms with van der Waals surface area (Å²) in [5, 5.41) is 2.93. The summed E-state index contributed by atoms with van der Waals surface area (Å²) in [6.45, 7) is 9.93. The minimum atomic E-state index is 0.00736. The first-order valence-electron chi connectivity index (χ1n) is 9.16. The van der Waals surface area contributed by atoms with Crippen molar-refractivity contribution in [2.75, 3.05) is 58.8 Å². The second-order valence-corrected chi connectivity index (χ2v) is 7.41. The Balaban J connectivity index is 1.76. The van der Waals surface area contributed by atoms with Gasteiger partial charge in [0.1, 0.15) is 25.4 Å². The van der Waals surface area contributed by atoms with E-state index < -0.39 is 0 Å². The van der Waals surface area contributed by atoms with Gasteiger partial charge in [-0.15, -0.1) is 0 Å². The fourth-order valence-corrected chi connectivity index (χ4v) is 3.39. The highest BCUT2D eigenvalue weighted by molar-refractivity contribution is 5.91. The average molecular weight is 351 g/mol. The number of anilines is 1. The summed E-state index contributed by atoms with van der Waals surface area (Å²) >= 11 is 0. The molecule has 1 aliphatic rings. The Kier molecular flexibility index (Phi) is 7.68. The van der Waals surface area contributed by atoms with Crippen LogP contribution in [0.5, 0.6) is 5.75 Å². The largest absolute Gasteiger partial charge is 0.497 e. The molecule has 0 spiro atoms. The number of rotatable bonds is 8. The van der Waals surface area contributed by atoms with Gasteiger partial charge in [0.25, 0.3) is 5.91 Å². The van der Waals surface area contributed by atoms with E-state index in [2.05, 4.69) is 19.2 Å². The van der Waals surface area contributed by atoms with Crippen molar-refractivity contribution in [1.29, 1.82) is 0 Å². The zero-order chi connectivity index (χ0) is 18.2. The van der Waals surface area contributed by atoms with E-state index >= 15 is 0 Å². The van der Waals surface area contributed by atoms with Gasteiger partial charge < -0.3 is 24.6 Å². The molecule has 0 aromatic heterocycles. The van der Waals surface area contributed by atoms with E-state index in [1.165, 1.54) is 6.54 Å². The SMILES string of the molecule is COc1cccc(NC(=O)C[NH+](C)C[C@H]2C[NH+](CC(C)C)CCO2)c1. The van der Waals surface area contributed by atoms with E-state index in [-0.39, 0.29) is 12.0 Å². The number of ether oxygens (including phenoxy) is 2. The van der Waals surface area contributed by atoms with Crippen LogP contribution in [0.4, 0.5) is 5.69 Å². The minimum absolute atomic E-state index is 0.00736. The number of methoxy groups -OCH3 is 1. The number of benzene rings is 1. The molecule has 1 saturated heterocycles. The van der Waals surface area contributed by atoms with Gasteiger partial charge in [-0.2, -0.15) is 0 Å². The molecule has 3 N–H and O–H groups in total. The summed E-state index contributed by atoms with van der Waals surface area (Å²) in [6, 6.07) is 7.42. The molecule has 1 aromatic carbocycles. The summed E-state index contributed by atoms with van der Waals surface area (Å²) < 4.78 is 11.1. The minimum Gasteiger partial charge on any atom is -0.497 e. The zero-order valence-electron chi connectivity index (χ0n) is 15.9. The maximum atomic E-state index is 12.3. The van der Waals surface area contributed by atoms with Gasteiger partial charge in [0.15, 0.2) is 12.6 Å². The second kappa shape index (κ2) is 9.75. The van der Waals surface area contributed by atoms with Gasteiger partial charge in [-0.25, -0.2) is 0 Å². The molecule has 3 atom stereocenters. The van der Waals surface area contributed by atoms with Crippen molar-refractivity contribution < 1.29 is 24.1 Å². The number of quaternary nitrogens is 2. The van der Waals surface area contributed by atoms with Gasteiger partial charge >= 0.3 is 0 Å². The van der Waals surface area contributed by atoms with Crippen LogP contribution in [0.25, 0.3) is 0 Å². The maximum absolute atomic E-state index is 12.3. The predicted molar refractivity (Wildman–Crippen MR) is 98.4 cm³/mol. The van der Waals surface area contributed by atoms with Crippen LogP contribution in [0.15, 0.2) is 24.3 Å². The van der Waals surface area contributed by atoms with Crippen LogP contribution in [-0.2, 0) is 9.53 Å². The number of hydrogen-bond donors (Lipinski definition) is 3. The number of carbonyl (C=O) groups is 1.